The molecule has 132 valence electrons. The molecule has 7 heteroatoms. The highest BCUT2D eigenvalue weighted by molar-refractivity contribution is 5.76. The van der Waals surface area contributed by atoms with Gasteiger partial charge in [0.05, 0.1) is 6.61 Å². The van der Waals surface area contributed by atoms with Crippen LogP contribution in [-0.2, 0) is 9.53 Å². The monoisotopic (exact) mass is 317 g/mol. The first kappa shape index (κ1) is 22.9. The normalized spacial score (nSPS) is 11.9. The number of guanidine groups is 1. The molecule has 0 aromatic heterocycles. The van der Waals surface area contributed by atoms with Gasteiger partial charge < -0.3 is 27.7 Å². The summed E-state index contributed by atoms with van der Waals surface area (Å²) >= 11 is 0. The minimum Gasteiger partial charge on any atom is -0.465 e. The second kappa shape index (κ2) is 13.3. The average Bonchev–Trinajstić information content (AvgIpc) is 2.49. The maximum Gasteiger partial charge on any atom is 0.322 e. The number of nitrogens with zero attached hydrogens (tertiary/aromatic N) is 1. The lowest BCUT2D eigenvalue weighted by molar-refractivity contribution is -0.145. The number of hydrogen-bond acceptors (Lipinski definition) is 5. The Kier molecular flexibility index (Phi) is 13.9. The molecule has 0 heterocycles. The number of hydrogen-bond donors (Lipinski definition) is 4. The van der Waals surface area contributed by atoms with E-state index in [1.165, 1.54) is 0 Å². The second-order valence-electron chi connectivity index (χ2n) is 5.69. The third-order valence-electron chi connectivity index (χ3n) is 3.07. The fourth-order valence-electron chi connectivity index (χ4n) is 1.57. The average molecular weight is 317 g/mol. The number of rotatable bonds is 10. The van der Waals surface area contributed by atoms with Crippen LogP contribution >= 0.6 is 0 Å². The molecule has 0 rings (SSSR count). The third kappa shape index (κ3) is 13.6. The summed E-state index contributed by atoms with van der Waals surface area (Å²) in [5, 5.41) is 0. The fraction of sp³-hybridized carbons (Fsp3) is 0.867. The maximum absolute atomic E-state index is 11.6. The number of nitrogens with two attached hydrogens (primary N) is 4. The van der Waals surface area contributed by atoms with Gasteiger partial charge in [-0.2, -0.15) is 0 Å². The fourth-order valence-corrected chi connectivity index (χ4v) is 1.57. The summed E-state index contributed by atoms with van der Waals surface area (Å²) in [7, 11) is 0. The summed E-state index contributed by atoms with van der Waals surface area (Å²) < 4.78 is 5.13. The molecule has 0 aliphatic carbocycles. The van der Waals surface area contributed by atoms with E-state index >= 15 is 0 Å². The van der Waals surface area contributed by atoms with E-state index in [0.29, 0.717) is 32.5 Å². The van der Waals surface area contributed by atoms with Crippen molar-refractivity contribution in [3.63, 3.8) is 0 Å². The third-order valence-corrected chi connectivity index (χ3v) is 3.07. The van der Waals surface area contributed by atoms with Gasteiger partial charge in [-0.1, -0.05) is 27.7 Å². The van der Waals surface area contributed by atoms with Gasteiger partial charge >= 0.3 is 5.97 Å². The van der Waals surface area contributed by atoms with Gasteiger partial charge in [0.2, 0.25) is 0 Å². The van der Waals surface area contributed by atoms with E-state index in [1.807, 2.05) is 13.8 Å². The number of esters is 1. The zero-order chi connectivity index (χ0) is 17.6. The molecule has 0 spiro atoms. The second-order valence-corrected chi connectivity index (χ2v) is 5.69. The van der Waals surface area contributed by atoms with Crippen molar-refractivity contribution in [1.82, 2.24) is 0 Å². The first-order valence-corrected chi connectivity index (χ1v) is 7.96. The molecule has 0 aliphatic rings. The zero-order valence-corrected chi connectivity index (χ0v) is 14.6. The van der Waals surface area contributed by atoms with Crippen molar-refractivity contribution in [2.45, 2.75) is 59.4 Å². The molecule has 7 nitrogen and oxygen atoms in total. The van der Waals surface area contributed by atoms with Crippen molar-refractivity contribution in [3.8, 4) is 0 Å². The Labute approximate surface area is 134 Å². The van der Waals surface area contributed by atoms with Gasteiger partial charge in [-0.3, -0.25) is 9.79 Å². The summed E-state index contributed by atoms with van der Waals surface area (Å²) in [6, 6.07) is -0.619. The van der Waals surface area contributed by atoms with E-state index in [1.54, 1.807) is 0 Å². The summed E-state index contributed by atoms with van der Waals surface area (Å²) in [5.41, 5.74) is 21.8. The Balaban J connectivity index is 0. The van der Waals surface area contributed by atoms with Crippen LogP contribution in [0, 0.1) is 5.41 Å². The van der Waals surface area contributed by atoms with E-state index in [0.717, 1.165) is 12.8 Å². The molecule has 0 saturated carbocycles. The molecule has 0 amide bonds. The minimum absolute atomic E-state index is 0.0451. The molecular weight excluding hydrogens is 282 g/mol. The first-order valence-electron chi connectivity index (χ1n) is 7.96. The van der Waals surface area contributed by atoms with Gasteiger partial charge in [0.15, 0.2) is 5.96 Å². The van der Waals surface area contributed by atoms with Crippen molar-refractivity contribution < 1.29 is 9.53 Å². The van der Waals surface area contributed by atoms with Crippen LogP contribution in [0.15, 0.2) is 4.99 Å². The van der Waals surface area contributed by atoms with Gasteiger partial charge in [-0.25, -0.2) is 0 Å². The number of carbonyl (C=O) groups excluding carboxylic acids is 1. The minimum atomic E-state index is -0.619. The largest absolute Gasteiger partial charge is 0.465 e. The molecule has 1 atom stereocenters. The maximum atomic E-state index is 11.6. The summed E-state index contributed by atoms with van der Waals surface area (Å²) in [6.45, 7) is 9.64. The highest BCUT2D eigenvalue weighted by atomic mass is 16.5. The van der Waals surface area contributed by atoms with Crippen molar-refractivity contribution in [2.24, 2.45) is 33.3 Å². The van der Waals surface area contributed by atoms with E-state index in [-0.39, 0.29) is 17.3 Å². The van der Waals surface area contributed by atoms with Crippen LogP contribution in [0.3, 0.4) is 0 Å². The van der Waals surface area contributed by atoms with Crippen molar-refractivity contribution in [1.29, 1.82) is 0 Å². The van der Waals surface area contributed by atoms with Gasteiger partial charge in [0, 0.05) is 6.54 Å². The molecule has 0 unspecified atom stereocenters. The lowest BCUT2D eigenvalue weighted by Gasteiger charge is -2.22. The number of carbonyl (C=O) groups is 1. The SMILES string of the molecule is CC.CC(C)(CN)CCCOC(=O)[C@H](N)CCCN=C(N)N. The van der Waals surface area contributed by atoms with Crippen LogP contribution in [0.2, 0.25) is 0 Å². The highest BCUT2D eigenvalue weighted by Gasteiger charge is 2.17. The Morgan fingerprint density at radius 1 is 1.23 bits per heavy atom. The predicted molar refractivity (Wildman–Crippen MR) is 92.3 cm³/mol. The van der Waals surface area contributed by atoms with Crippen molar-refractivity contribution in [3.05, 3.63) is 0 Å². The predicted octanol–water partition coefficient (Wildman–Crippen LogP) is 0.702. The van der Waals surface area contributed by atoms with E-state index < -0.39 is 6.04 Å². The van der Waals surface area contributed by atoms with Crippen molar-refractivity contribution >= 4 is 11.9 Å². The topological polar surface area (TPSA) is 143 Å². The van der Waals surface area contributed by atoms with Crippen LogP contribution in [-0.4, -0.2) is 37.7 Å². The molecule has 22 heavy (non-hydrogen) atoms. The van der Waals surface area contributed by atoms with E-state index in [2.05, 4.69) is 18.8 Å². The molecule has 0 radical (unpaired) electrons. The summed E-state index contributed by atoms with van der Waals surface area (Å²) in [4.78, 5) is 15.4. The van der Waals surface area contributed by atoms with Crippen LogP contribution < -0.4 is 22.9 Å². The quantitative estimate of drug-likeness (QED) is 0.202. The van der Waals surface area contributed by atoms with Gasteiger partial charge in [0.25, 0.3) is 0 Å². The van der Waals surface area contributed by atoms with Crippen LogP contribution in [0.1, 0.15) is 53.4 Å². The van der Waals surface area contributed by atoms with E-state index in [9.17, 15) is 4.79 Å². The Morgan fingerprint density at radius 3 is 2.32 bits per heavy atom. The Hall–Kier alpha value is -1.34. The summed E-state index contributed by atoms with van der Waals surface area (Å²) in [5.74, 6) is -0.330. The molecular formula is C15H35N5O2. The molecule has 0 fully saturated rings. The van der Waals surface area contributed by atoms with E-state index in [4.69, 9.17) is 27.7 Å². The highest BCUT2D eigenvalue weighted by Crippen LogP contribution is 2.19. The number of aliphatic imine (C=N–C) groups is 1. The lowest BCUT2D eigenvalue weighted by Crippen LogP contribution is -2.33. The van der Waals surface area contributed by atoms with Crippen LogP contribution in [0.4, 0.5) is 0 Å². The zero-order valence-electron chi connectivity index (χ0n) is 14.6. The molecule has 0 bridgehead atoms. The molecule has 0 aliphatic heterocycles. The summed E-state index contributed by atoms with van der Waals surface area (Å²) in [6.07, 6.45) is 2.85. The lowest BCUT2D eigenvalue weighted by atomic mass is 9.88. The Bertz CT molecular complexity index is 315. The molecule has 0 aromatic rings. The van der Waals surface area contributed by atoms with Gasteiger partial charge in [-0.15, -0.1) is 0 Å². The first-order chi connectivity index (χ1) is 10.3. The van der Waals surface area contributed by atoms with Gasteiger partial charge in [0.1, 0.15) is 6.04 Å². The van der Waals surface area contributed by atoms with Crippen LogP contribution in [0.5, 0.6) is 0 Å². The van der Waals surface area contributed by atoms with Gasteiger partial charge in [-0.05, 0) is 37.6 Å². The van der Waals surface area contributed by atoms with Crippen LogP contribution in [0.25, 0.3) is 0 Å². The number of ether oxygens (including phenoxy) is 1. The Morgan fingerprint density at radius 2 is 1.82 bits per heavy atom. The smallest absolute Gasteiger partial charge is 0.322 e. The standard InChI is InChI=1S/C13H29N5O2.C2H6/c1-13(2,9-14)6-4-8-20-11(19)10(15)5-3-7-18-12(16)17;1-2/h10H,3-9,14-15H2,1-2H3,(H4,16,17,18);1-2H3/t10-;/m1./s1. The molecule has 8 N–H and O–H groups in total. The molecule has 0 aromatic carbocycles. The molecule has 0 saturated heterocycles. The van der Waals surface area contributed by atoms with Crippen molar-refractivity contribution in [2.75, 3.05) is 19.7 Å².